The van der Waals surface area contributed by atoms with Crippen molar-refractivity contribution in [1.29, 1.82) is 0 Å². The quantitative estimate of drug-likeness (QED) is 0.666. The molecule has 0 bridgehead atoms. The van der Waals surface area contributed by atoms with Crippen LogP contribution in [0.4, 0.5) is 0 Å². The predicted octanol–water partition coefficient (Wildman–Crippen LogP) is 3.77. The van der Waals surface area contributed by atoms with Crippen molar-refractivity contribution in [2.75, 3.05) is 32.9 Å². The van der Waals surface area contributed by atoms with Gasteiger partial charge < -0.3 is 14.8 Å². The molecule has 0 fully saturated rings. The minimum atomic E-state index is 0.165. The van der Waals surface area contributed by atoms with Crippen LogP contribution in [0.3, 0.4) is 0 Å². The third-order valence-corrected chi connectivity index (χ3v) is 3.34. The molecule has 0 aromatic heterocycles. The second-order valence-corrected chi connectivity index (χ2v) is 6.28. The summed E-state index contributed by atoms with van der Waals surface area (Å²) in [6.45, 7) is 13.0. The number of hydrogen-bond acceptors (Lipinski definition) is 3. The summed E-state index contributed by atoms with van der Waals surface area (Å²) in [5.41, 5.74) is 1.47. The molecule has 0 amide bonds. The molecule has 0 saturated heterocycles. The molecule has 0 radical (unpaired) electrons. The van der Waals surface area contributed by atoms with Crippen molar-refractivity contribution in [3.05, 3.63) is 29.8 Å². The van der Waals surface area contributed by atoms with E-state index in [1.165, 1.54) is 5.56 Å². The largest absolute Gasteiger partial charge is 0.492 e. The highest BCUT2D eigenvalue weighted by molar-refractivity contribution is 5.32. The minimum absolute atomic E-state index is 0.165. The summed E-state index contributed by atoms with van der Waals surface area (Å²) in [7, 11) is 0. The van der Waals surface area contributed by atoms with Crippen molar-refractivity contribution in [3.8, 4) is 5.75 Å². The molecule has 0 aliphatic heterocycles. The first-order chi connectivity index (χ1) is 10.0. The predicted molar refractivity (Wildman–Crippen MR) is 89.2 cm³/mol. The first-order valence-electron chi connectivity index (χ1n) is 8.06. The van der Waals surface area contributed by atoms with Crippen molar-refractivity contribution < 1.29 is 9.47 Å². The smallest absolute Gasteiger partial charge is 0.119 e. The van der Waals surface area contributed by atoms with Crippen LogP contribution >= 0.6 is 0 Å². The second kappa shape index (κ2) is 9.80. The maximum Gasteiger partial charge on any atom is 0.119 e. The van der Waals surface area contributed by atoms with Crippen LogP contribution in [0.2, 0.25) is 0 Å². The van der Waals surface area contributed by atoms with Gasteiger partial charge in [0.05, 0.1) is 0 Å². The van der Waals surface area contributed by atoms with Gasteiger partial charge in [-0.15, -0.1) is 0 Å². The lowest BCUT2D eigenvalue weighted by Gasteiger charge is -2.19. The van der Waals surface area contributed by atoms with Crippen LogP contribution in [0.1, 0.15) is 46.1 Å². The van der Waals surface area contributed by atoms with E-state index < -0.39 is 0 Å². The van der Waals surface area contributed by atoms with Crippen molar-refractivity contribution in [2.45, 2.75) is 46.0 Å². The fraction of sp³-hybridized carbons (Fsp3) is 0.667. The standard InChI is InChI=1S/C18H31NO2/c1-5-20-13-7-6-11-19-12-14-21-17-10-8-9-16(15-17)18(2,3)4/h8-10,15,19H,5-7,11-14H2,1-4H3. The summed E-state index contributed by atoms with van der Waals surface area (Å²) >= 11 is 0. The molecular formula is C18H31NO2. The third-order valence-electron chi connectivity index (χ3n) is 3.34. The van der Waals surface area contributed by atoms with E-state index in [2.05, 4.69) is 44.3 Å². The van der Waals surface area contributed by atoms with Gasteiger partial charge in [-0.3, -0.25) is 0 Å². The van der Waals surface area contributed by atoms with E-state index in [0.717, 1.165) is 44.9 Å². The summed E-state index contributed by atoms with van der Waals surface area (Å²) in [4.78, 5) is 0. The minimum Gasteiger partial charge on any atom is -0.492 e. The van der Waals surface area contributed by atoms with Crippen LogP contribution in [-0.4, -0.2) is 32.9 Å². The van der Waals surface area contributed by atoms with Gasteiger partial charge in [0.1, 0.15) is 12.4 Å². The highest BCUT2D eigenvalue weighted by Gasteiger charge is 2.13. The molecule has 0 heterocycles. The second-order valence-electron chi connectivity index (χ2n) is 6.28. The zero-order valence-corrected chi connectivity index (χ0v) is 14.1. The van der Waals surface area contributed by atoms with Crippen LogP contribution < -0.4 is 10.1 Å². The maximum atomic E-state index is 5.80. The van der Waals surface area contributed by atoms with E-state index in [9.17, 15) is 0 Å². The number of unbranched alkanes of at least 4 members (excludes halogenated alkanes) is 1. The summed E-state index contributed by atoms with van der Waals surface area (Å²) < 4.78 is 11.1. The van der Waals surface area contributed by atoms with Gasteiger partial charge in [-0.05, 0) is 49.4 Å². The molecule has 1 aromatic rings. The summed E-state index contributed by atoms with van der Waals surface area (Å²) in [5, 5.41) is 3.40. The molecule has 0 aliphatic carbocycles. The zero-order valence-electron chi connectivity index (χ0n) is 14.1. The Morgan fingerprint density at radius 2 is 1.86 bits per heavy atom. The van der Waals surface area contributed by atoms with E-state index in [-0.39, 0.29) is 5.41 Å². The molecule has 1 aromatic carbocycles. The highest BCUT2D eigenvalue weighted by atomic mass is 16.5. The maximum absolute atomic E-state index is 5.80. The van der Waals surface area contributed by atoms with Crippen LogP contribution in [0.5, 0.6) is 5.75 Å². The van der Waals surface area contributed by atoms with E-state index in [1.54, 1.807) is 0 Å². The summed E-state index contributed by atoms with van der Waals surface area (Å²) in [6.07, 6.45) is 2.27. The molecule has 0 spiro atoms. The Kier molecular flexibility index (Phi) is 8.40. The Morgan fingerprint density at radius 3 is 2.57 bits per heavy atom. The van der Waals surface area contributed by atoms with E-state index in [0.29, 0.717) is 6.61 Å². The number of benzene rings is 1. The molecule has 0 unspecified atom stereocenters. The van der Waals surface area contributed by atoms with Gasteiger partial charge in [0.25, 0.3) is 0 Å². The highest BCUT2D eigenvalue weighted by Crippen LogP contribution is 2.25. The van der Waals surface area contributed by atoms with Gasteiger partial charge in [0.2, 0.25) is 0 Å². The summed E-state index contributed by atoms with van der Waals surface area (Å²) in [5.74, 6) is 0.959. The van der Waals surface area contributed by atoms with Gasteiger partial charge in [-0.2, -0.15) is 0 Å². The van der Waals surface area contributed by atoms with Crippen molar-refractivity contribution in [3.63, 3.8) is 0 Å². The van der Waals surface area contributed by atoms with Crippen molar-refractivity contribution >= 4 is 0 Å². The van der Waals surface area contributed by atoms with Crippen LogP contribution in [0, 0.1) is 0 Å². The molecule has 1 rings (SSSR count). The number of hydrogen-bond donors (Lipinski definition) is 1. The fourth-order valence-electron chi connectivity index (χ4n) is 2.02. The molecule has 0 saturated carbocycles. The van der Waals surface area contributed by atoms with Crippen LogP contribution in [-0.2, 0) is 10.2 Å². The first kappa shape index (κ1) is 18.0. The van der Waals surface area contributed by atoms with Crippen molar-refractivity contribution in [2.24, 2.45) is 0 Å². The lowest BCUT2D eigenvalue weighted by Crippen LogP contribution is -2.22. The van der Waals surface area contributed by atoms with E-state index >= 15 is 0 Å². The molecule has 3 nitrogen and oxygen atoms in total. The molecule has 1 N–H and O–H groups in total. The lowest BCUT2D eigenvalue weighted by atomic mass is 9.87. The Hall–Kier alpha value is -1.06. The molecule has 120 valence electrons. The Morgan fingerprint density at radius 1 is 1.05 bits per heavy atom. The Balaban J connectivity index is 2.13. The zero-order chi connectivity index (χ0) is 15.6. The molecule has 0 aliphatic rings. The van der Waals surface area contributed by atoms with Gasteiger partial charge in [0.15, 0.2) is 0 Å². The normalized spacial score (nSPS) is 11.6. The average Bonchev–Trinajstić information content (AvgIpc) is 2.45. The van der Waals surface area contributed by atoms with Gasteiger partial charge in [-0.25, -0.2) is 0 Å². The van der Waals surface area contributed by atoms with Crippen LogP contribution in [0.15, 0.2) is 24.3 Å². The number of ether oxygens (including phenoxy) is 2. The summed E-state index contributed by atoms with van der Waals surface area (Å²) in [6, 6.07) is 8.39. The number of nitrogens with one attached hydrogen (secondary N) is 1. The van der Waals surface area contributed by atoms with Gasteiger partial charge in [0, 0.05) is 19.8 Å². The Bertz CT molecular complexity index is 385. The van der Waals surface area contributed by atoms with Gasteiger partial charge >= 0.3 is 0 Å². The average molecular weight is 293 g/mol. The van der Waals surface area contributed by atoms with Gasteiger partial charge in [-0.1, -0.05) is 32.9 Å². The van der Waals surface area contributed by atoms with E-state index in [4.69, 9.17) is 9.47 Å². The molecular weight excluding hydrogens is 262 g/mol. The van der Waals surface area contributed by atoms with Crippen molar-refractivity contribution in [1.82, 2.24) is 5.32 Å². The fourth-order valence-corrected chi connectivity index (χ4v) is 2.02. The van der Waals surface area contributed by atoms with E-state index in [1.807, 2.05) is 13.0 Å². The van der Waals surface area contributed by atoms with Crippen LogP contribution in [0.25, 0.3) is 0 Å². The first-order valence-corrected chi connectivity index (χ1v) is 8.06. The SMILES string of the molecule is CCOCCCCNCCOc1cccc(C(C)(C)C)c1. The molecule has 3 heteroatoms. The molecule has 21 heavy (non-hydrogen) atoms. The third kappa shape index (κ3) is 8.08. The lowest BCUT2D eigenvalue weighted by molar-refractivity contribution is 0.143. The molecule has 0 atom stereocenters. The topological polar surface area (TPSA) is 30.5 Å². The Labute approximate surface area is 130 Å². The number of rotatable bonds is 10. The monoisotopic (exact) mass is 293 g/mol.